The zero-order valence-corrected chi connectivity index (χ0v) is 19.5. The second-order valence-electron chi connectivity index (χ2n) is 8.84. The summed E-state index contributed by atoms with van der Waals surface area (Å²) in [4.78, 5) is 31.3. The number of likely N-dealkylation sites (tertiary alicyclic amines) is 1. The number of fused-ring (bicyclic) bond motifs is 1. The lowest BCUT2D eigenvalue weighted by molar-refractivity contribution is 0.0787. The number of nitrogens with zero attached hydrogens (tertiary/aromatic N) is 4. The molecule has 9 heteroatoms. The fourth-order valence-electron chi connectivity index (χ4n) is 4.64. The van der Waals surface area contributed by atoms with Crippen LogP contribution < -0.4 is 10.9 Å². The number of benzene rings is 2. The summed E-state index contributed by atoms with van der Waals surface area (Å²) in [5.74, 6) is -0.808. The summed E-state index contributed by atoms with van der Waals surface area (Å²) in [7, 11) is 0. The van der Waals surface area contributed by atoms with Gasteiger partial charge in [0.05, 0.1) is 22.2 Å². The van der Waals surface area contributed by atoms with Gasteiger partial charge in [-0.2, -0.15) is 10.4 Å². The van der Waals surface area contributed by atoms with Gasteiger partial charge in [-0.15, -0.1) is 0 Å². The largest absolute Gasteiger partial charge is 0.364 e. The molecule has 5 rings (SSSR count). The molecule has 0 radical (unpaired) electrons. The van der Waals surface area contributed by atoms with Gasteiger partial charge in [-0.1, -0.05) is 31.2 Å². The second-order valence-corrected chi connectivity index (χ2v) is 8.84. The zero-order valence-electron chi connectivity index (χ0n) is 19.5. The Kier molecular flexibility index (Phi) is 6.17. The van der Waals surface area contributed by atoms with E-state index in [0.29, 0.717) is 52.9 Å². The first-order valence-corrected chi connectivity index (χ1v) is 11.6. The van der Waals surface area contributed by atoms with Crippen molar-refractivity contribution in [2.45, 2.75) is 25.3 Å². The van der Waals surface area contributed by atoms with Crippen molar-refractivity contribution in [2.24, 2.45) is 0 Å². The van der Waals surface area contributed by atoms with Crippen molar-refractivity contribution in [3.8, 4) is 6.07 Å². The Balaban J connectivity index is 1.38. The Morgan fingerprint density at radius 3 is 2.83 bits per heavy atom. The summed E-state index contributed by atoms with van der Waals surface area (Å²) in [5, 5.41) is 20.5. The summed E-state index contributed by atoms with van der Waals surface area (Å²) in [6.45, 7) is 2.73. The highest BCUT2D eigenvalue weighted by molar-refractivity contribution is 5.95. The van der Waals surface area contributed by atoms with Crippen LogP contribution in [0.4, 0.5) is 10.2 Å². The molecule has 1 aliphatic heterocycles. The van der Waals surface area contributed by atoms with E-state index in [0.717, 1.165) is 0 Å². The minimum atomic E-state index is -0.594. The van der Waals surface area contributed by atoms with E-state index >= 15 is 0 Å². The molecule has 2 atom stereocenters. The van der Waals surface area contributed by atoms with Crippen molar-refractivity contribution < 1.29 is 9.18 Å². The van der Waals surface area contributed by atoms with Gasteiger partial charge in [0, 0.05) is 36.6 Å². The Morgan fingerprint density at radius 1 is 1.22 bits per heavy atom. The molecule has 1 fully saturated rings. The van der Waals surface area contributed by atoms with Crippen LogP contribution in [0.15, 0.2) is 65.6 Å². The van der Waals surface area contributed by atoms with E-state index in [9.17, 15) is 19.2 Å². The molecule has 0 bridgehead atoms. The number of halogens is 1. The van der Waals surface area contributed by atoms with E-state index < -0.39 is 11.7 Å². The van der Waals surface area contributed by atoms with E-state index in [1.807, 2.05) is 19.1 Å². The van der Waals surface area contributed by atoms with Crippen molar-refractivity contribution in [1.82, 2.24) is 20.1 Å². The first kappa shape index (κ1) is 23.2. The molecule has 4 aromatic rings. The smallest absolute Gasteiger partial charge is 0.272 e. The third-order valence-electron chi connectivity index (χ3n) is 6.60. The van der Waals surface area contributed by atoms with E-state index in [1.165, 1.54) is 6.07 Å². The third kappa shape index (κ3) is 4.29. The Bertz CT molecular complexity index is 1560. The van der Waals surface area contributed by atoms with E-state index in [2.05, 4.69) is 26.6 Å². The molecule has 2 aromatic carbocycles. The highest BCUT2D eigenvalue weighted by atomic mass is 19.1. The highest BCUT2D eigenvalue weighted by Gasteiger charge is 2.29. The maximum atomic E-state index is 14.8. The molecular formula is C27H23FN6O2. The fourth-order valence-corrected chi connectivity index (χ4v) is 4.64. The number of aromatic amines is 1. The maximum absolute atomic E-state index is 14.8. The quantitative estimate of drug-likeness (QED) is 0.447. The van der Waals surface area contributed by atoms with Crippen LogP contribution >= 0.6 is 0 Å². The average molecular weight is 483 g/mol. The lowest BCUT2D eigenvalue weighted by Crippen LogP contribution is -2.32. The molecule has 1 aliphatic rings. The minimum absolute atomic E-state index is 0.00993. The number of H-pyrrole nitrogens is 1. The first-order chi connectivity index (χ1) is 17.5. The van der Waals surface area contributed by atoms with Crippen LogP contribution in [0.1, 0.15) is 46.4 Å². The molecule has 0 aliphatic carbocycles. The molecule has 2 aromatic heterocycles. The van der Waals surface area contributed by atoms with Crippen LogP contribution in [0.3, 0.4) is 0 Å². The molecule has 0 saturated carbocycles. The van der Waals surface area contributed by atoms with Gasteiger partial charge < -0.3 is 10.2 Å². The lowest BCUT2D eigenvalue weighted by atomic mass is 9.92. The van der Waals surface area contributed by atoms with Crippen molar-refractivity contribution >= 4 is 22.5 Å². The van der Waals surface area contributed by atoms with Crippen LogP contribution in [0.2, 0.25) is 0 Å². The summed E-state index contributed by atoms with van der Waals surface area (Å²) in [6.07, 6.45) is 2.25. The van der Waals surface area contributed by atoms with Gasteiger partial charge in [0.2, 0.25) is 0 Å². The predicted octanol–water partition coefficient (Wildman–Crippen LogP) is 3.81. The standard InChI is InChI=1S/C27H23FN6O2/c1-16(24-20-6-2-3-7-21(20)26(35)33-32-24)17-8-9-23(28)22(13-17)27(36)34-12-10-19(15-34)31-25-18(14-29)5-4-11-30-25/h2-9,11,13,16,19H,10,12,15H2,1H3,(H,30,31)(H,33,35). The van der Waals surface area contributed by atoms with E-state index in [1.54, 1.807) is 47.5 Å². The van der Waals surface area contributed by atoms with Crippen LogP contribution in [0.5, 0.6) is 0 Å². The van der Waals surface area contributed by atoms with Crippen molar-refractivity contribution in [1.29, 1.82) is 5.26 Å². The fraction of sp³-hybridized carbons (Fsp3) is 0.222. The van der Waals surface area contributed by atoms with Crippen LogP contribution in [0, 0.1) is 17.1 Å². The minimum Gasteiger partial charge on any atom is -0.364 e. The van der Waals surface area contributed by atoms with Crippen molar-refractivity contribution in [3.63, 3.8) is 0 Å². The zero-order chi connectivity index (χ0) is 25.2. The van der Waals surface area contributed by atoms with Gasteiger partial charge in [0.15, 0.2) is 0 Å². The number of carbonyl (C=O) groups excluding carboxylic acids is 1. The second kappa shape index (κ2) is 9.58. The predicted molar refractivity (Wildman–Crippen MR) is 133 cm³/mol. The van der Waals surface area contributed by atoms with Gasteiger partial charge in [0.25, 0.3) is 11.5 Å². The van der Waals surface area contributed by atoms with Crippen molar-refractivity contribution in [3.05, 3.63) is 99.3 Å². The Morgan fingerprint density at radius 2 is 2.03 bits per heavy atom. The molecular weight excluding hydrogens is 459 g/mol. The van der Waals surface area contributed by atoms with E-state index in [-0.39, 0.29) is 23.1 Å². The summed E-state index contributed by atoms with van der Waals surface area (Å²) in [6, 6.07) is 17.0. The Labute approximate surface area is 206 Å². The lowest BCUT2D eigenvalue weighted by Gasteiger charge is -2.19. The molecule has 3 heterocycles. The number of rotatable bonds is 5. The van der Waals surface area contributed by atoms with Gasteiger partial charge >= 0.3 is 0 Å². The average Bonchev–Trinajstić information content (AvgIpc) is 3.37. The van der Waals surface area contributed by atoms with Gasteiger partial charge in [-0.05, 0) is 42.3 Å². The summed E-state index contributed by atoms with van der Waals surface area (Å²) >= 11 is 0. The third-order valence-corrected chi connectivity index (χ3v) is 6.60. The van der Waals surface area contributed by atoms with Crippen LogP contribution in [-0.2, 0) is 0 Å². The highest BCUT2D eigenvalue weighted by Crippen LogP contribution is 2.29. The van der Waals surface area contributed by atoms with Crippen LogP contribution in [-0.4, -0.2) is 45.1 Å². The van der Waals surface area contributed by atoms with E-state index in [4.69, 9.17) is 0 Å². The maximum Gasteiger partial charge on any atom is 0.272 e. The van der Waals surface area contributed by atoms with Gasteiger partial charge in [-0.25, -0.2) is 14.5 Å². The number of nitrogens with one attached hydrogen (secondary N) is 2. The number of hydrogen-bond donors (Lipinski definition) is 2. The molecule has 2 unspecified atom stereocenters. The summed E-state index contributed by atoms with van der Waals surface area (Å²) < 4.78 is 14.8. The number of pyridine rings is 1. The number of hydrogen-bond acceptors (Lipinski definition) is 6. The first-order valence-electron chi connectivity index (χ1n) is 11.6. The normalized spacial score (nSPS) is 16.0. The molecule has 1 saturated heterocycles. The molecule has 180 valence electrons. The van der Waals surface area contributed by atoms with Crippen LogP contribution in [0.25, 0.3) is 10.8 Å². The molecule has 1 amide bonds. The number of amides is 1. The molecule has 2 N–H and O–H groups in total. The Hall–Kier alpha value is -4.58. The monoisotopic (exact) mass is 482 g/mol. The molecule has 36 heavy (non-hydrogen) atoms. The van der Waals surface area contributed by atoms with Gasteiger partial charge in [-0.3, -0.25) is 9.59 Å². The summed E-state index contributed by atoms with van der Waals surface area (Å²) in [5.41, 5.74) is 1.50. The number of nitriles is 1. The molecule has 0 spiro atoms. The number of anilines is 1. The van der Waals surface area contributed by atoms with Gasteiger partial charge in [0.1, 0.15) is 17.7 Å². The van der Waals surface area contributed by atoms with Crippen molar-refractivity contribution in [2.75, 3.05) is 18.4 Å². The number of aromatic nitrogens is 3. The number of carbonyl (C=O) groups is 1. The molecule has 8 nitrogen and oxygen atoms in total. The topological polar surface area (TPSA) is 115 Å². The SMILES string of the molecule is CC(c1ccc(F)c(C(=O)N2CCC(Nc3ncccc3C#N)C2)c1)c1n[nH]c(=O)c2ccccc12.